The van der Waals surface area contributed by atoms with E-state index < -0.39 is 0 Å². The van der Waals surface area contributed by atoms with E-state index in [1.165, 1.54) is 6.26 Å². The van der Waals surface area contributed by atoms with Crippen LogP contribution in [0.3, 0.4) is 0 Å². The first-order chi connectivity index (χ1) is 7.16. The number of hydrogen-bond acceptors (Lipinski definition) is 4. The standard InChI is InChI=1S/C8H7BrN4O2/c1-4-10-8(13-12-4)11-7(14)5-2-3-15-6(5)9/h2-3H,1H3,(H2,10,11,12,13,14). The minimum absolute atomic E-state index is 0.241. The largest absolute Gasteiger partial charge is 0.457 e. The molecule has 0 aliphatic rings. The maximum Gasteiger partial charge on any atom is 0.262 e. The normalized spacial score (nSPS) is 10.3. The zero-order chi connectivity index (χ0) is 10.8. The van der Waals surface area contributed by atoms with E-state index in [4.69, 9.17) is 4.42 Å². The van der Waals surface area contributed by atoms with Crippen molar-refractivity contribution in [2.45, 2.75) is 6.92 Å². The highest BCUT2D eigenvalue weighted by Crippen LogP contribution is 2.18. The van der Waals surface area contributed by atoms with Crippen molar-refractivity contribution in [2.75, 3.05) is 5.32 Å². The number of carbonyl (C=O) groups is 1. The summed E-state index contributed by atoms with van der Waals surface area (Å²) < 4.78 is 5.32. The first-order valence-corrected chi connectivity index (χ1v) is 4.89. The summed E-state index contributed by atoms with van der Waals surface area (Å²) in [5.41, 5.74) is 0.400. The highest BCUT2D eigenvalue weighted by atomic mass is 79.9. The molecule has 6 nitrogen and oxygen atoms in total. The summed E-state index contributed by atoms with van der Waals surface area (Å²) in [5, 5.41) is 8.93. The van der Waals surface area contributed by atoms with E-state index in [1.807, 2.05) is 0 Å². The Labute approximate surface area is 93.2 Å². The van der Waals surface area contributed by atoms with Gasteiger partial charge in [-0.3, -0.25) is 15.2 Å². The van der Waals surface area contributed by atoms with Crippen LogP contribution in [0.4, 0.5) is 5.95 Å². The third kappa shape index (κ3) is 2.07. The molecule has 0 aromatic carbocycles. The van der Waals surface area contributed by atoms with Gasteiger partial charge in [0.2, 0.25) is 5.95 Å². The zero-order valence-electron chi connectivity index (χ0n) is 7.74. The number of rotatable bonds is 2. The molecule has 7 heteroatoms. The number of halogens is 1. The van der Waals surface area contributed by atoms with Crippen molar-refractivity contribution in [3.63, 3.8) is 0 Å². The van der Waals surface area contributed by atoms with Crippen LogP contribution in [-0.2, 0) is 0 Å². The molecule has 1 amide bonds. The summed E-state index contributed by atoms with van der Waals surface area (Å²) in [4.78, 5) is 15.6. The van der Waals surface area contributed by atoms with Crippen molar-refractivity contribution in [1.29, 1.82) is 0 Å². The Morgan fingerprint density at radius 2 is 2.47 bits per heavy atom. The third-order valence-electron chi connectivity index (χ3n) is 1.69. The van der Waals surface area contributed by atoms with Gasteiger partial charge in [-0.1, -0.05) is 0 Å². The molecule has 0 fully saturated rings. The van der Waals surface area contributed by atoms with Crippen molar-refractivity contribution in [1.82, 2.24) is 15.2 Å². The molecule has 2 aromatic rings. The molecular formula is C8H7BrN4O2. The fraction of sp³-hybridized carbons (Fsp3) is 0.125. The van der Waals surface area contributed by atoms with Gasteiger partial charge >= 0.3 is 0 Å². The highest BCUT2D eigenvalue weighted by molar-refractivity contribution is 9.10. The second kappa shape index (κ2) is 3.85. The van der Waals surface area contributed by atoms with Crippen LogP contribution in [0.5, 0.6) is 0 Å². The molecule has 2 heterocycles. The SMILES string of the molecule is Cc1nc(NC(=O)c2ccoc2Br)n[nH]1. The van der Waals surface area contributed by atoms with Crippen LogP contribution in [-0.4, -0.2) is 21.1 Å². The molecule has 15 heavy (non-hydrogen) atoms. The quantitative estimate of drug-likeness (QED) is 0.871. The molecule has 0 spiro atoms. The van der Waals surface area contributed by atoms with Crippen molar-refractivity contribution in [3.05, 3.63) is 28.4 Å². The molecule has 0 unspecified atom stereocenters. The monoisotopic (exact) mass is 270 g/mol. The van der Waals surface area contributed by atoms with Gasteiger partial charge in [0.25, 0.3) is 5.91 Å². The van der Waals surface area contributed by atoms with Crippen molar-refractivity contribution in [2.24, 2.45) is 0 Å². The molecular weight excluding hydrogens is 264 g/mol. The van der Waals surface area contributed by atoms with E-state index in [-0.39, 0.29) is 11.9 Å². The maximum atomic E-state index is 11.6. The molecule has 78 valence electrons. The third-order valence-corrected chi connectivity index (χ3v) is 2.30. The highest BCUT2D eigenvalue weighted by Gasteiger charge is 2.14. The van der Waals surface area contributed by atoms with Crippen molar-refractivity contribution < 1.29 is 9.21 Å². The second-order valence-electron chi connectivity index (χ2n) is 2.81. The van der Waals surface area contributed by atoms with Gasteiger partial charge in [0.15, 0.2) is 4.67 Å². The first kappa shape index (κ1) is 9.91. The van der Waals surface area contributed by atoms with Crippen LogP contribution in [0.2, 0.25) is 0 Å². The molecule has 0 aliphatic carbocycles. The van der Waals surface area contributed by atoms with Crippen LogP contribution < -0.4 is 5.32 Å². The van der Waals surface area contributed by atoms with Gasteiger partial charge in [0.05, 0.1) is 11.8 Å². The number of aromatic nitrogens is 3. The summed E-state index contributed by atoms with van der Waals surface area (Å²) >= 11 is 3.11. The Morgan fingerprint density at radius 3 is 3.00 bits per heavy atom. The molecule has 2 rings (SSSR count). The lowest BCUT2D eigenvalue weighted by atomic mass is 10.3. The smallest absolute Gasteiger partial charge is 0.262 e. The number of anilines is 1. The van der Waals surface area contributed by atoms with Crippen LogP contribution in [0.15, 0.2) is 21.4 Å². The van der Waals surface area contributed by atoms with Crippen LogP contribution in [0, 0.1) is 6.92 Å². The number of hydrogen-bond donors (Lipinski definition) is 2. The fourth-order valence-corrected chi connectivity index (χ4v) is 1.44. The van der Waals surface area contributed by atoms with Crippen molar-refractivity contribution >= 4 is 27.8 Å². The molecule has 2 aromatic heterocycles. The number of carbonyl (C=O) groups excluding carboxylic acids is 1. The maximum absolute atomic E-state index is 11.6. The lowest BCUT2D eigenvalue weighted by Crippen LogP contribution is -2.12. The summed E-state index contributed by atoms with van der Waals surface area (Å²) in [5.74, 6) is 0.553. The van der Waals surface area contributed by atoms with E-state index in [0.29, 0.717) is 16.1 Å². The molecule has 0 radical (unpaired) electrons. The van der Waals surface area contributed by atoms with Gasteiger partial charge in [0, 0.05) is 0 Å². The Kier molecular flexibility index (Phi) is 2.55. The number of H-pyrrole nitrogens is 1. The van der Waals surface area contributed by atoms with Crippen molar-refractivity contribution in [3.8, 4) is 0 Å². The minimum Gasteiger partial charge on any atom is -0.457 e. The lowest BCUT2D eigenvalue weighted by Gasteiger charge is -1.97. The molecule has 0 aliphatic heterocycles. The number of furan rings is 1. The number of amides is 1. The molecule has 0 saturated carbocycles. The van der Waals surface area contributed by atoms with Crippen LogP contribution >= 0.6 is 15.9 Å². The number of aryl methyl sites for hydroxylation is 1. The topological polar surface area (TPSA) is 83.8 Å². The summed E-state index contributed by atoms with van der Waals surface area (Å²) in [6.45, 7) is 1.75. The summed E-state index contributed by atoms with van der Waals surface area (Å²) in [6, 6.07) is 1.55. The fourth-order valence-electron chi connectivity index (χ4n) is 1.02. The Morgan fingerprint density at radius 1 is 1.67 bits per heavy atom. The predicted molar refractivity (Wildman–Crippen MR) is 55.5 cm³/mol. The number of nitrogens with one attached hydrogen (secondary N) is 2. The van der Waals surface area contributed by atoms with E-state index in [2.05, 4.69) is 36.4 Å². The second-order valence-corrected chi connectivity index (χ2v) is 3.53. The number of nitrogens with zero attached hydrogens (tertiary/aromatic N) is 2. The van der Waals surface area contributed by atoms with Gasteiger partial charge in [-0.2, -0.15) is 4.98 Å². The zero-order valence-corrected chi connectivity index (χ0v) is 9.33. The van der Waals surface area contributed by atoms with E-state index >= 15 is 0 Å². The van der Waals surface area contributed by atoms with Gasteiger partial charge in [-0.15, -0.1) is 5.10 Å². The molecule has 0 saturated heterocycles. The van der Waals surface area contributed by atoms with Crippen LogP contribution in [0.25, 0.3) is 0 Å². The summed E-state index contributed by atoms with van der Waals surface area (Å²) in [6.07, 6.45) is 1.42. The minimum atomic E-state index is -0.324. The van der Waals surface area contributed by atoms with Gasteiger partial charge in [0.1, 0.15) is 5.82 Å². The Bertz CT molecular complexity index is 490. The van der Waals surface area contributed by atoms with Gasteiger partial charge in [-0.05, 0) is 28.9 Å². The first-order valence-electron chi connectivity index (χ1n) is 4.10. The van der Waals surface area contributed by atoms with Gasteiger partial charge < -0.3 is 4.42 Å². The molecule has 2 N–H and O–H groups in total. The Hall–Kier alpha value is -1.63. The average Bonchev–Trinajstić information content (AvgIpc) is 2.75. The van der Waals surface area contributed by atoms with E-state index in [9.17, 15) is 4.79 Å². The Balaban J connectivity index is 2.14. The van der Waals surface area contributed by atoms with E-state index in [1.54, 1.807) is 13.0 Å². The average molecular weight is 271 g/mol. The predicted octanol–water partition coefficient (Wildman–Crippen LogP) is 1.72. The lowest BCUT2D eigenvalue weighted by molar-refractivity contribution is 0.102. The number of aromatic amines is 1. The van der Waals surface area contributed by atoms with Crippen LogP contribution in [0.1, 0.15) is 16.2 Å². The molecule has 0 atom stereocenters. The van der Waals surface area contributed by atoms with E-state index in [0.717, 1.165) is 0 Å². The van der Waals surface area contributed by atoms with Gasteiger partial charge in [-0.25, -0.2) is 0 Å². The molecule has 0 bridgehead atoms. The summed E-state index contributed by atoms with van der Waals surface area (Å²) in [7, 11) is 0.